The topological polar surface area (TPSA) is 94.5 Å². The van der Waals surface area contributed by atoms with Crippen LogP contribution in [0, 0.1) is 11.3 Å². The van der Waals surface area contributed by atoms with Gasteiger partial charge in [-0.25, -0.2) is 4.79 Å². The summed E-state index contributed by atoms with van der Waals surface area (Å²) in [4.78, 5) is 25.3. The van der Waals surface area contributed by atoms with Crippen LogP contribution in [0.3, 0.4) is 0 Å². The van der Waals surface area contributed by atoms with Crippen LogP contribution in [0.1, 0.15) is 0 Å². The summed E-state index contributed by atoms with van der Waals surface area (Å²) in [6, 6.07) is 10.6. The van der Waals surface area contributed by atoms with E-state index in [0.29, 0.717) is 5.69 Å². The lowest BCUT2D eigenvalue weighted by Gasteiger charge is -2.20. The standard InChI is InChI=1S/C14H18N4O3/c1-18(2)10-12(13(19)16-9-8-15)21-14(20)17-11-6-4-3-5-7-11/h3-7,12H,9-10H2,1-2H3,(H,16,19)(H,17,20). The number of carbonyl (C=O) groups is 2. The number of hydrogen-bond donors (Lipinski definition) is 2. The lowest BCUT2D eigenvalue weighted by atomic mass is 10.3. The molecule has 0 fully saturated rings. The molecule has 0 aliphatic carbocycles. The lowest BCUT2D eigenvalue weighted by molar-refractivity contribution is -0.129. The number of hydrogen-bond acceptors (Lipinski definition) is 5. The van der Waals surface area contributed by atoms with Crippen molar-refractivity contribution in [2.45, 2.75) is 6.10 Å². The van der Waals surface area contributed by atoms with E-state index in [1.54, 1.807) is 49.3 Å². The molecule has 0 saturated carbocycles. The van der Waals surface area contributed by atoms with E-state index in [-0.39, 0.29) is 13.1 Å². The van der Waals surface area contributed by atoms with Gasteiger partial charge in [-0.05, 0) is 26.2 Å². The fourth-order valence-corrected chi connectivity index (χ4v) is 1.54. The van der Waals surface area contributed by atoms with Crippen molar-refractivity contribution in [1.82, 2.24) is 10.2 Å². The van der Waals surface area contributed by atoms with Crippen LogP contribution in [-0.2, 0) is 9.53 Å². The largest absolute Gasteiger partial charge is 0.434 e. The zero-order valence-electron chi connectivity index (χ0n) is 12.0. The molecule has 112 valence electrons. The van der Waals surface area contributed by atoms with E-state index in [0.717, 1.165) is 0 Å². The van der Waals surface area contributed by atoms with Gasteiger partial charge in [0.25, 0.3) is 5.91 Å². The Kier molecular flexibility index (Phi) is 6.71. The maximum absolute atomic E-state index is 11.8. The van der Waals surface area contributed by atoms with Gasteiger partial charge in [0.15, 0.2) is 6.10 Å². The Labute approximate surface area is 123 Å². The van der Waals surface area contributed by atoms with Gasteiger partial charge in [-0.15, -0.1) is 0 Å². The lowest BCUT2D eigenvalue weighted by Crippen LogP contribution is -2.44. The molecule has 0 heterocycles. The van der Waals surface area contributed by atoms with Crippen LogP contribution in [0.25, 0.3) is 0 Å². The third-order valence-electron chi connectivity index (χ3n) is 2.43. The average molecular weight is 290 g/mol. The Morgan fingerprint density at radius 1 is 1.33 bits per heavy atom. The third kappa shape index (κ3) is 6.40. The van der Waals surface area contributed by atoms with Crippen LogP contribution >= 0.6 is 0 Å². The molecule has 0 aromatic heterocycles. The van der Waals surface area contributed by atoms with Crippen LogP contribution in [-0.4, -0.2) is 50.2 Å². The molecule has 7 nitrogen and oxygen atoms in total. The fourth-order valence-electron chi connectivity index (χ4n) is 1.54. The molecule has 1 aromatic carbocycles. The minimum absolute atomic E-state index is 0.133. The first-order valence-corrected chi connectivity index (χ1v) is 6.35. The van der Waals surface area contributed by atoms with Crippen molar-refractivity contribution in [2.24, 2.45) is 0 Å². The number of likely N-dealkylation sites (N-methyl/N-ethyl adjacent to an activating group) is 1. The van der Waals surface area contributed by atoms with Crippen molar-refractivity contribution >= 4 is 17.7 Å². The van der Waals surface area contributed by atoms with Gasteiger partial charge in [0.05, 0.1) is 6.07 Å². The first-order valence-electron chi connectivity index (χ1n) is 6.35. The molecule has 0 aliphatic heterocycles. The highest BCUT2D eigenvalue weighted by Gasteiger charge is 2.23. The first kappa shape index (κ1) is 16.5. The maximum Gasteiger partial charge on any atom is 0.412 e. The molecule has 2 amide bonds. The fraction of sp³-hybridized carbons (Fsp3) is 0.357. The van der Waals surface area contributed by atoms with Crippen LogP contribution in [0.15, 0.2) is 30.3 Å². The predicted octanol–water partition coefficient (Wildman–Crippen LogP) is 0.805. The number of rotatable bonds is 6. The van der Waals surface area contributed by atoms with Crippen molar-refractivity contribution in [3.05, 3.63) is 30.3 Å². The van der Waals surface area contributed by atoms with Gasteiger partial charge in [0.2, 0.25) is 0 Å². The quantitative estimate of drug-likeness (QED) is 0.756. The molecule has 1 unspecified atom stereocenters. The van der Waals surface area contributed by atoms with Gasteiger partial charge in [-0.3, -0.25) is 10.1 Å². The van der Waals surface area contributed by atoms with E-state index in [9.17, 15) is 9.59 Å². The number of para-hydroxylation sites is 1. The van der Waals surface area contributed by atoms with Crippen LogP contribution in [0.2, 0.25) is 0 Å². The Hall–Kier alpha value is -2.59. The summed E-state index contributed by atoms with van der Waals surface area (Å²) >= 11 is 0. The monoisotopic (exact) mass is 290 g/mol. The predicted molar refractivity (Wildman–Crippen MR) is 77.5 cm³/mol. The Morgan fingerprint density at radius 2 is 2.00 bits per heavy atom. The zero-order chi connectivity index (χ0) is 15.7. The van der Waals surface area contributed by atoms with E-state index >= 15 is 0 Å². The number of amides is 2. The molecule has 0 bridgehead atoms. The van der Waals surface area contributed by atoms with E-state index in [4.69, 9.17) is 10.00 Å². The summed E-state index contributed by atoms with van der Waals surface area (Å²) in [5.41, 5.74) is 0.573. The summed E-state index contributed by atoms with van der Waals surface area (Å²) in [7, 11) is 3.51. The zero-order valence-corrected chi connectivity index (χ0v) is 12.0. The van der Waals surface area contributed by atoms with Gasteiger partial charge in [0, 0.05) is 12.2 Å². The number of anilines is 1. The van der Waals surface area contributed by atoms with E-state index < -0.39 is 18.1 Å². The number of benzene rings is 1. The number of carbonyl (C=O) groups excluding carboxylic acids is 2. The number of nitriles is 1. The smallest absolute Gasteiger partial charge is 0.412 e. The van der Waals surface area contributed by atoms with Crippen LogP contribution < -0.4 is 10.6 Å². The highest BCUT2D eigenvalue weighted by atomic mass is 16.6. The SMILES string of the molecule is CN(C)CC(OC(=O)Nc1ccccc1)C(=O)NCC#N. The molecule has 0 saturated heterocycles. The van der Waals surface area contributed by atoms with Crippen molar-refractivity contribution in [3.63, 3.8) is 0 Å². The highest BCUT2D eigenvalue weighted by Crippen LogP contribution is 2.06. The molecule has 0 spiro atoms. The molecule has 1 aromatic rings. The normalized spacial score (nSPS) is 11.3. The van der Waals surface area contributed by atoms with E-state index in [1.807, 2.05) is 6.07 Å². The molecular formula is C14H18N4O3. The first-order chi connectivity index (χ1) is 10.0. The van der Waals surface area contributed by atoms with Gasteiger partial charge in [-0.2, -0.15) is 5.26 Å². The van der Waals surface area contributed by atoms with Crippen LogP contribution in [0.5, 0.6) is 0 Å². The van der Waals surface area contributed by atoms with Crippen molar-refractivity contribution < 1.29 is 14.3 Å². The van der Waals surface area contributed by atoms with Gasteiger partial charge >= 0.3 is 6.09 Å². The van der Waals surface area contributed by atoms with Gasteiger partial charge in [0.1, 0.15) is 6.54 Å². The Morgan fingerprint density at radius 3 is 2.57 bits per heavy atom. The summed E-state index contributed by atoms with van der Waals surface area (Å²) in [5, 5.41) is 13.4. The molecule has 1 rings (SSSR count). The van der Waals surface area contributed by atoms with E-state index in [1.165, 1.54) is 0 Å². The summed E-state index contributed by atoms with van der Waals surface area (Å²) in [6.07, 6.45) is -1.71. The second-order valence-corrected chi connectivity index (χ2v) is 4.52. The number of nitrogens with zero attached hydrogens (tertiary/aromatic N) is 2. The Bertz CT molecular complexity index is 511. The third-order valence-corrected chi connectivity index (χ3v) is 2.43. The second kappa shape index (κ2) is 8.55. The van der Waals surface area contributed by atoms with Crippen LogP contribution in [0.4, 0.5) is 10.5 Å². The molecule has 21 heavy (non-hydrogen) atoms. The molecule has 0 aliphatic rings. The number of nitrogens with one attached hydrogen (secondary N) is 2. The average Bonchev–Trinajstić information content (AvgIpc) is 2.44. The minimum Gasteiger partial charge on any atom is -0.434 e. The van der Waals surface area contributed by atoms with Gasteiger partial charge < -0.3 is 15.0 Å². The van der Waals surface area contributed by atoms with Crippen molar-refractivity contribution in [1.29, 1.82) is 5.26 Å². The van der Waals surface area contributed by atoms with Gasteiger partial charge in [-0.1, -0.05) is 18.2 Å². The highest BCUT2D eigenvalue weighted by molar-refractivity contribution is 5.88. The molecule has 1 atom stereocenters. The van der Waals surface area contributed by atoms with Crippen molar-refractivity contribution in [2.75, 3.05) is 32.5 Å². The maximum atomic E-state index is 11.8. The number of ether oxygens (including phenoxy) is 1. The summed E-state index contributed by atoms with van der Waals surface area (Å²) in [5.74, 6) is -0.506. The molecular weight excluding hydrogens is 272 g/mol. The Balaban J connectivity index is 2.61. The minimum atomic E-state index is -0.989. The molecule has 2 N–H and O–H groups in total. The summed E-state index contributed by atoms with van der Waals surface area (Å²) in [6.45, 7) is 0.0892. The molecule has 0 radical (unpaired) electrons. The summed E-state index contributed by atoms with van der Waals surface area (Å²) < 4.78 is 5.11. The van der Waals surface area contributed by atoms with Crippen molar-refractivity contribution in [3.8, 4) is 6.07 Å². The van der Waals surface area contributed by atoms with E-state index in [2.05, 4.69) is 10.6 Å². The molecule has 7 heteroatoms. The second-order valence-electron chi connectivity index (χ2n) is 4.52.